The monoisotopic (exact) mass is 387 g/mol. The fraction of sp³-hybridized carbons (Fsp3) is 0.176. The fourth-order valence-corrected chi connectivity index (χ4v) is 3.92. The second-order valence-electron chi connectivity index (χ2n) is 5.37. The minimum Gasteiger partial charge on any atom is -0.545 e. The minimum absolute atomic E-state index is 0.0845. The first-order valence-corrected chi connectivity index (χ1v) is 9.47. The molecule has 0 spiro atoms. The molecule has 26 heavy (non-hydrogen) atoms. The summed E-state index contributed by atoms with van der Waals surface area (Å²) in [5.41, 5.74) is 2.25. The molecule has 1 amide bonds. The molecule has 2 heterocycles. The summed E-state index contributed by atoms with van der Waals surface area (Å²) in [5.74, 6) is -1.31. The van der Waals surface area contributed by atoms with E-state index in [0.717, 1.165) is 16.3 Å². The first-order chi connectivity index (χ1) is 12.5. The zero-order chi connectivity index (χ0) is 18.7. The van der Waals surface area contributed by atoms with Crippen molar-refractivity contribution in [3.05, 3.63) is 40.9 Å². The van der Waals surface area contributed by atoms with Gasteiger partial charge in [0.1, 0.15) is 0 Å². The topological polar surface area (TPSA) is 107 Å². The molecule has 0 bridgehead atoms. The lowest BCUT2D eigenvalue weighted by atomic mass is 10.2. The number of hydrogen-bond acceptors (Lipinski definition) is 8. The van der Waals surface area contributed by atoms with Gasteiger partial charge in [-0.1, -0.05) is 30.4 Å². The normalized spacial score (nSPS) is 10.5. The molecular weight excluding hydrogens is 372 g/mol. The van der Waals surface area contributed by atoms with Crippen molar-refractivity contribution in [1.29, 1.82) is 0 Å². The predicted molar refractivity (Wildman–Crippen MR) is 101 cm³/mol. The molecule has 0 radical (unpaired) electrons. The number of aryl methyl sites for hydroxylation is 1. The van der Waals surface area contributed by atoms with Crippen LogP contribution in [0.25, 0.3) is 10.6 Å². The van der Waals surface area contributed by atoms with Gasteiger partial charge in [-0.3, -0.25) is 4.79 Å². The number of carbonyl (C=O) groups excluding carboxylic acids is 2. The summed E-state index contributed by atoms with van der Waals surface area (Å²) >= 11 is 2.77. The highest BCUT2D eigenvalue weighted by Gasteiger charge is 2.14. The highest BCUT2D eigenvalue weighted by molar-refractivity contribution is 7.20. The molecule has 0 saturated heterocycles. The average Bonchev–Trinajstić information content (AvgIpc) is 3.21. The van der Waals surface area contributed by atoms with Crippen LogP contribution in [0.1, 0.15) is 29.4 Å². The van der Waals surface area contributed by atoms with E-state index in [-0.39, 0.29) is 11.5 Å². The van der Waals surface area contributed by atoms with Crippen LogP contribution >= 0.6 is 22.7 Å². The molecule has 0 unspecified atom stereocenters. The van der Waals surface area contributed by atoms with Crippen molar-refractivity contribution < 1.29 is 14.7 Å². The number of anilines is 3. The lowest BCUT2D eigenvalue weighted by molar-refractivity contribution is -0.255. The summed E-state index contributed by atoms with van der Waals surface area (Å²) in [7, 11) is 0. The molecule has 0 fully saturated rings. The first-order valence-electron chi connectivity index (χ1n) is 7.78. The molecule has 0 saturated carbocycles. The number of aromatic carboxylic acids is 1. The third kappa shape index (κ3) is 4.06. The van der Waals surface area contributed by atoms with Gasteiger partial charge in [-0.05, 0) is 24.6 Å². The van der Waals surface area contributed by atoms with E-state index >= 15 is 0 Å². The number of carboxylic acids is 1. The molecule has 3 aromatic rings. The maximum atomic E-state index is 11.5. The summed E-state index contributed by atoms with van der Waals surface area (Å²) in [4.78, 5) is 32.2. The van der Waals surface area contributed by atoms with Crippen LogP contribution in [-0.4, -0.2) is 21.8 Å². The Bertz CT molecular complexity index is 965. The van der Waals surface area contributed by atoms with Gasteiger partial charge in [-0.2, -0.15) is 0 Å². The Labute approximate surface area is 157 Å². The Kier molecular flexibility index (Phi) is 5.29. The number of hydrogen-bond donors (Lipinski definition) is 2. The highest BCUT2D eigenvalue weighted by atomic mass is 32.1. The Morgan fingerprint density at radius 2 is 2.04 bits per heavy atom. The molecule has 3 rings (SSSR count). The predicted octanol–water partition coefficient (Wildman–Crippen LogP) is 3.03. The van der Waals surface area contributed by atoms with Crippen LogP contribution in [0.5, 0.6) is 0 Å². The zero-order valence-electron chi connectivity index (χ0n) is 14.0. The molecule has 0 atom stereocenters. The number of rotatable bonds is 6. The largest absolute Gasteiger partial charge is 0.545 e. The molecule has 134 valence electrons. The van der Waals surface area contributed by atoms with Crippen LogP contribution in [0, 0.1) is 6.92 Å². The standard InChI is InChI=1S/C17H16N4O3S2/c1-3-13(22)21-17-18-9(2)14(26-17)12-8-25-16(20-12)19-11-6-4-5-10(7-11)15(23)24/h4-8H,3H2,1-2H3,(H,19,20)(H,23,24)(H,18,21,22)/p-1. The summed E-state index contributed by atoms with van der Waals surface area (Å²) in [6, 6.07) is 6.36. The number of benzene rings is 1. The van der Waals surface area contributed by atoms with Gasteiger partial charge in [0.25, 0.3) is 0 Å². The van der Waals surface area contributed by atoms with Crippen molar-refractivity contribution in [2.45, 2.75) is 20.3 Å². The molecule has 2 aromatic heterocycles. The van der Waals surface area contributed by atoms with Crippen molar-refractivity contribution in [1.82, 2.24) is 9.97 Å². The van der Waals surface area contributed by atoms with Gasteiger partial charge in [0.2, 0.25) is 5.91 Å². The summed E-state index contributed by atoms with van der Waals surface area (Å²) in [6.07, 6.45) is 0.393. The van der Waals surface area contributed by atoms with Gasteiger partial charge < -0.3 is 20.5 Å². The molecular formula is C17H15N4O3S2-. The second-order valence-corrected chi connectivity index (χ2v) is 7.22. The molecule has 9 heteroatoms. The Morgan fingerprint density at radius 3 is 2.77 bits per heavy atom. The third-order valence-electron chi connectivity index (χ3n) is 3.45. The van der Waals surface area contributed by atoms with E-state index in [1.807, 2.05) is 12.3 Å². The smallest absolute Gasteiger partial charge is 0.225 e. The Hall–Kier alpha value is -2.78. The number of thiazole rings is 2. The Morgan fingerprint density at radius 1 is 1.23 bits per heavy atom. The first kappa shape index (κ1) is 18.0. The number of amides is 1. The summed E-state index contributed by atoms with van der Waals surface area (Å²) < 4.78 is 0. The zero-order valence-corrected chi connectivity index (χ0v) is 15.7. The fourth-order valence-electron chi connectivity index (χ4n) is 2.18. The van der Waals surface area contributed by atoms with Gasteiger partial charge in [-0.25, -0.2) is 9.97 Å². The Balaban J connectivity index is 1.79. The number of aromatic nitrogens is 2. The quantitative estimate of drug-likeness (QED) is 0.673. The van der Waals surface area contributed by atoms with E-state index in [2.05, 4.69) is 20.6 Å². The number of carbonyl (C=O) groups is 2. The third-order valence-corrected chi connectivity index (χ3v) is 5.30. The molecule has 0 aliphatic carbocycles. The van der Waals surface area contributed by atoms with Crippen molar-refractivity contribution in [3.8, 4) is 10.6 Å². The molecule has 1 aromatic carbocycles. The number of carboxylic acid groups (broad SMARTS) is 1. The van der Waals surface area contributed by atoms with Crippen molar-refractivity contribution in [2.75, 3.05) is 10.6 Å². The highest BCUT2D eigenvalue weighted by Crippen LogP contribution is 2.35. The van der Waals surface area contributed by atoms with Crippen molar-refractivity contribution >= 4 is 50.5 Å². The van der Waals surface area contributed by atoms with Crippen LogP contribution in [0.3, 0.4) is 0 Å². The SMILES string of the molecule is CCC(=O)Nc1nc(C)c(-c2csc(Nc3cccc(C(=O)[O-])c3)n2)s1. The van der Waals surface area contributed by atoms with Crippen LogP contribution in [0.15, 0.2) is 29.6 Å². The molecule has 7 nitrogen and oxygen atoms in total. The maximum Gasteiger partial charge on any atom is 0.225 e. The van der Waals surface area contributed by atoms with Gasteiger partial charge in [0.15, 0.2) is 10.3 Å². The minimum atomic E-state index is -1.23. The molecule has 2 N–H and O–H groups in total. The molecule has 0 aliphatic heterocycles. The molecule has 0 aliphatic rings. The average molecular weight is 387 g/mol. The second kappa shape index (κ2) is 7.63. The lowest BCUT2D eigenvalue weighted by Crippen LogP contribution is -2.22. The van der Waals surface area contributed by atoms with Gasteiger partial charge in [0.05, 0.1) is 22.2 Å². The van der Waals surface area contributed by atoms with Crippen LogP contribution in [0.4, 0.5) is 16.0 Å². The maximum absolute atomic E-state index is 11.5. The van der Waals surface area contributed by atoms with Crippen molar-refractivity contribution in [3.63, 3.8) is 0 Å². The number of nitrogens with zero attached hydrogens (tertiary/aromatic N) is 2. The van der Waals surface area contributed by atoms with E-state index in [1.165, 1.54) is 34.8 Å². The summed E-state index contributed by atoms with van der Waals surface area (Å²) in [6.45, 7) is 3.65. The lowest BCUT2D eigenvalue weighted by Gasteiger charge is -2.06. The van der Waals surface area contributed by atoms with E-state index in [9.17, 15) is 14.7 Å². The number of nitrogens with one attached hydrogen (secondary N) is 2. The van der Waals surface area contributed by atoms with Crippen LogP contribution in [0.2, 0.25) is 0 Å². The summed E-state index contributed by atoms with van der Waals surface area (Å²) in [5, 5.41) is 19.8. The van der Waals surface area contributed by atoms with E-state index in [0.29, 0.717) is 22.4 Å². The van der Waals surface area contributed by atoms with Gasteiger partial charge >= 0.3 is 0 Å². The van der Waals surface area contributed by atoms with Crippen molar-refractivity contribution in [2.24, 2.45) is 0 Å². The van der Waals surface area contributed by atoms with Crippen LogP contribution < -0.4 is 15.7 Å². The van der Waals surface area contributed by atoms with E-state index < -0.39 is 5.97 Å². The van der Waals surface area contributed by atoms with Gasteiger partial charge in [-0.15, -0.1) is 11.3 Å². The van der Waals surface area contributed by atoms with E-state index in [4.69, 9.17) is 0 Å². The van der Waals surface area contributed by atoms with Crippen LogP contribution in [-0.2, 0) is 4.79 Å². The van der Waals surface area contributed by atoms with Gasteiger partial charge in [0, 0.05) is 17.5 Å². The van der Waals surface area contributed by atoms with E-state index in [1.54, 1.807) is 19.1 Å².